The fourth-order valence-corrected chi connectivity index (χ4v) is 0.612. The van der Waals surface area contributed by atoms with Crippen LogP contribution in [0.3, 0.4) is 0 Å². The van der Waals surface area contributed by atoms with E-state index in [0.29, 0.717) is 0 Å². The molecule has 3 N–H and O–H groups in total. The zero-order chi connectivity index (χ0) is 10.4. The fourth-order valence-electron chi connectivity index (χ4n) is 0.474. The van der Waals surface area contributed by atoms with Crippen molar-refractivity contribution in [3.8, 4) is 0 Å². The van der Waals surface area contributed by atoms with Gasteiger partial charge >= 0.3 is 12.0 Å². The first-order valence-electron chi connectivity index (χ1n) is 3.30. The topological polar surface area (TPSA) is 93.8 Å². The van der Waals surface area contributed by atoms with Crippen molar-refractivity contribution in [1.29, 1.82) is 0 Å². The van der Waals surface area contributed by atoms with E-state index in [0.717, 1.165) is 0 Å². The van der Waals surface area contributed by atoms with Crippen LogP contribution in [-0.4, -0.2) is 30.2 Å². The van der Waals surface area contributed by atoms with Gasteiger partial charge in [0.2, 0.25) is 0 Å². The summed E-state index contributed by atoms with van der Waals surface area (Å²) >= 11 is 5.57. The molecule has 0 aromatic carbocycles. The predicted molar refractivity (Wildman–Crippen MR) is 47.5 cm³/mol. The van der Waals surface area contributed by atoms with Crippen molar-refractivity contribution < 1.29 is 14.3 Å². The van der Waals surface area contributed by atoms with Crippen LogP contribution in [0, 0.1) is 0 Å². The van der Waals surface area contributed by atoms with E-state index < -0.39 is 17.4 Å². The summed E-state index contributed by atoms with van der Waals surface area (Å²) in [6.45, 7) is 1.46. The van der Waals surface area contributed by atoms with Crippen molar-refractivity contribution in [2.24, 2.45) is 10.8 Å². The first-order chi connectivity index (χ1) is 5.99. The first-order valence-corrected chi connectivity index (χ1v) is 3.74. The van der Waals surface area contributed by atoms with Crippen LogP contribution in [0.15, 0.2) is 5.10 Å². The number of carbonyl (C=O) groups is 2. The number of hydrogen-bond donors (Lipinski definition) is 2. The molecule has 0 aliphatic carbocycles. The van der Waals surface area contributed by atoms with Crippen molar-refractivity contribution in [1.82, 2.24) is 5.43 Å². The van der Waals surface area contributed by atoms with Gasteiger partial charge in [-0.05, 0) is 6.92 Å². The Morgan fingerprint density at radius 3 is 2.54 bits per heavy atom. The Labute approximate surface area is 80.1 Å². The summed E-state index contributed by atoms with van der Waals surface area (Å²) in [4.78, 5) is 21.0. The number of nitrogens with two attached hydrogens (primary N) is 1. The van der Waals surface area contributed by atoms with Gasteiger partial charge < -0.3 is 10.5 Å². The number of nitrogens with one attached hydrogen (secondary N) is 1. The van der Waals surface area contributed by atoms with Gasteiger partial charge in [-0.1, -0.05) is 0 Å². The molecule has 1 unspecified atom stereocenters. The van der Waals surface area contributed by atoms with Crippen molar-refractivity contribution in [3.63, 3.8) is 0 Å². The lowest BCUT2D eigenvalue weighted by Gasteiger charge is -2.05. The number of hydrazone groups is 1. The van der Waals surface area contributed by atoms with Crippen LogP contribution in [0.4, 0.5) is 4.79 Å². The summed E-state index contributed by atoms with van der Waals surface area (Å²) in [5, 5.41) is 2.44. The van der Waals surface area contributed by atoms with Crippen LogP contribution in [-0.2, 0) is 9.53 Å². The number of carbonyl (C=O) groups excluding carboxylic acids is 2. The molecule has 0 saturated heterocycles. The predicted octanol–water partition coefficient (Wildman–Crippen LogP) is -0.189. The Balaban J connectivity index is 4.23. The summed E-state index contributed by atoms with van der Waals surface area (Å²) in [6.07, 6.45) is 0. The second-order valence-electron chi connectivity index (χ2n) is 2.11. The maximum absolute atomic E-state index is 10.8. The van der Waals surface area contributed by atoms with Crippen LogP contribution >= 0.6 is 11.6 Å². The monoisotopic (exact) mass is 207 g/mol. The molecule has 0 saturated carbocycles. The highest BCUT2D eigenvalue weighted by Crippen LogP contribution is 2.00. The number of methoxy groups -OCH3 is 1. The maximum Gasteiger partial charge on any atom is 0.332 e. The number of ether oxygens (including phenoxy) is 1. The summed E-state index contributed by atoms with van der Waals surface area (Å²) < 4.78 is 4.34. The molecule has 1 atom stereocenters. The van der Waals surface area contributed by atoms with Gasteiger partial charge in [0.15, 0.2) is 5.38 Å². The highest BCUT2D eigenvalue weighted by atomic mass is 35.5. The van der Waals surface area contributed by atoms with Crippen LogP contribution < -0.4 is 11.2 Å². The fraction of sp³-hybridized carbons (Fsp3) is 0.500. The van der Waals surface area contributed by atoms with Gasteiger partial charge in [0.05, 0.1) is 12.8 Å². The molecule has 13 heavy (non-hydrogen) atoms. The number of hydrogen-bond acceptors (Lipinski definition) is 4. The van der Waals surface area contributed by atoms with Gasteiger partial charge in [0.1, 0.15) is 0 Å². The van der Waals surface area contributed by atoms with Crippen LogP contribution in [0.5, 0.6) is 0 Å². The average molecular weight is 208 g/mol. The molecular formula is C6H10ClN3O3. The third-order valence-electron chi connectivity index (χ3n) is 1.12. The highest BCUT2D eigenvalue weighted by Gasteiger charge is 2.19. The lowest BCUT2D eigenvalue weighted by atomic mass is 10.3. The van der Waals surface area contributed by atoms with Crippen LogP contribution in [0.2, 0.25) is 0 Å². The van der Waals surface area contributed by atoms with Gasteiger partial charge in [-0.25, -0.2) is 10.2 Å². The minimum Gasteiger partial charge on any atom is -0.468 e. The van der Waals surface area contributed by atoms with Crippen LogP contribution in [0.25, 0.3) is 0 Å². The molecule has 0 heterocycles. The lowest BCUT2D eigenvalue weighted by Crippen LogP contribution is -2.30. The molecule has 0 aliphatic heterocycles. The van der Waals surface area contributed by atoms with Gasteiger partial charge in [0, 0.05) is 0 Å². The molecule has 0 aromatic rings. The Bertz CT molecular complexity index is 241. The van der Waals surface area contributed by atoms with Gasteiger partial charge in [0.25, 0.3) is 0 Å². The van der Waals surface area contributed by atoms with E-state index in [2.05, 4.69) is 9.84 Å². The molecule has 7 heteroatoms. The molecular weight excluding hydrogens is 198 g/mol. The lowest BCUT2D eigenvalue weighted by molar-refractivity contribution is -0.138. The van der Waals surface area contributed by atoms with E-state index in [9.17, 15) is 9.59 Å². The minimum atomic E-state index is -1.02. The summed E-state index contributed by atoms with van der Waals surface area (Å²) in [5.74, 6) is -0.644. The second-order valence-corrected chi connectivity index (χ2v) is 2.55. The Kier molecular flexibility index (Phi) is 4.83. The average Bonchev–Trinajstić information content (AvgIpc) is 2.11. The Hall–Kier alpha value is -1.30. The third-order valence-corrected chi connectivity index (χ3v) is 1.61. The van der Waals surface area contributed by atoms with Gasteiger partial charge in [-0.15, -0.1) is 11.6 Å². The van der Waals surface area contributed by atoms with E-state index in [1.54, 1.807) is 0 Å². The molecule has 0 aliphatic rings. The number of halogens is 1. The van der Waals surface area contributed by atoms with E-state index in [-0.39, 0.29) is 5.71 Å². The highest BCUT2D eigenvalue weighted by molar-refractivity contribution is 6.41. The third kappa shape index (κ3) is 4.32. The van der Waals surface area contributed by atoms with E-state index in [1.807, 2.05) is 5.43 Å². The zero-order valence-electron chi connectivity index (χ0n) is 7.20. The van der Waals surface area contributed by atoms with Gasteiger partial charge in [-0.3, -0.25) is 4.79 Å². The smallest absolute Gasteiger partial charge is 0.332 e. The number of nitrogens with zero attached hydrogens (tertiary/aromatic N) is 1. The summed E-state index contributed by atoms with van der Waals surface area (Å²) in [5.41, 5.74) is 6.87. The van der Waals surface area contributed by atoms with Crippen molar-refractivity contribution in [3.05, 3.63) is 0 Å². The number of urea groups is 1. The standard InChI is InChI=1S/C6H10ClN3O3/c1-3(9-10-6(8)12)4(7)5(11)13-2/h4H,1-2H3,(H3,8,10,12)/b9-3+. The maximum atomic E-state index is 10.8. The second kappa shape index (κ2) is 5.36. The largest absolute Gasteiger partial charge is 0.468 e. The summed E-state index contributed by atoms with van der Waals surface area (Å²) in [7, 11) is 1.20. The molecule has 0 fully saturated rings. The summed E-state index contributed by atoms with van der Waals surface area (Å²) in [6, 6.07) is -0.826. The van der Waals surface area contributed by atoms with Crippen LogP contribution in [0.1, 0.15) is 6.92 Å². The molecule has 6 nitrogen and oxygen atoms in total. The molecule has 74 valence electrons. The molecule has 0 rings (SSSR count). The molecule has 2 amide bonds. The van der Waals surface area contributed by atoms with Crippen molar-refractivity contribution in [2.45, 2.75) is 12.3 Å². The number of esters is 1. The first kappa shape index (κ1) is 11.7. The minimum absolute atomic E-state index is 0.201. The SMILES string of the molecule is COC(=O)C(Cl)/C(C)=N/NC(N)=O. The number of rotatable bonds is 3. The van der Waals surface area contributed by atoms with E-state index >= 15 is 0 Å². The molecule has 0 aromatic heterocycles. The van der Waals surface area contributed by atoms with Gasteiger partial charge in [-0.2, -0.15) is 5.10 Å². The molecule has 0 bridgehead atoms. The normalized spacial score (nSPS) is 13.3. The van der Waals surface area contributed by atoms with Crippen molar-refractivity contribution >= 4 is 29.3 Å². The zero-order valence-corrected chi connectivity index (χ0v) is 7.96. The Morgan fingerprint density at radius 1 is 1.62 bits per heavy atom. The van der Waals surface area contributed by atoms with Crippen molar-refractivity contribution in [2.75, 3.05) is 7.11 Å². The Morgan fingerprint density at radius 2 is 2.15 bits per heavy atom. The molecule has 0 spiro atoms. The number of primary amides is 1. The van der Waals surface area contributed by atoms with E-state index in [1.165, 1.54) is 14.0 Å². The number of amides is 2. The van der Waals surface area contributed by atoms with E-state index in [4.69, 9.17) is 17.3 Å². The quantitative estimate of drug-likeness (QED) is 0.291. The molecule has 0 radical (unpaired) electrons. The number of alkyl halides is 1.